The number of rotatable bonds is 3. The first-order valence-corrected chi connectivity index (χ1v) is 4.08. The molecule has 0 spiro atoms. The Morgan fingerprint density at radius 2 is 2.38 bits per heavy atom. The summed E-state index contributed by atoms with van der Waals surface area (Å²) < 4.78 is 0. The van der Waals surface area contributed by atoms with Crippen molar-refractivity contribution in [3.63, 3.8) is 0 Å². The van der Waals surface area contributed by atoms with Crippen LogP contribution in [0, 0.1) is 12.7 Å². The molecular weight excluding hydrogens is 235 g/mol. The molecule has 13 heavy (non-hydrogen) atoms. The van der Waals surface area contributed by atoms with Crippen LogP contribution in [0.3, 0.4) is 0 Å². The largest absolute Gasteiger partial charge is 0.402 e. The van der Waals surface area contributed by atoms with Crippen molar-refractivity contribution in [2.24, 2.45) is 5.73 Å². The standard InChI is InChI=1S/C11H13N.Y/c1-2-3-4-7-10-8-5-6-9-11(10)12;/h1-3,5,8H,6-7,9,12H2;/q-2;. The summed E-state index contributed by atoms with van der Waals surface area (Å²) in [7, 11) is 0. The Bertz CT molecular complexity index is 249. The second-order valence-electron chi connectivity index (χ2n) is 2.73. The van der Waals surface area contributed by atoms with Crippen LogP contribution in [0.5, 0.6) is 0 Å². The summed E-state index contributed by atoms with van der Waals surface area (Å²) >= 11 is 0. The number of allylic oxidation sites excluding steroid dienone is 7. The molecular formula is C11H13NY-2. The molecule has 0 saturated heterocycles. The maximum absolute atomic E-state index is 5.79. The summed E-state index contributed by atoms with van der Waals surface area (Å²) in [5.41, 5.74) is 7.94. The minimum Gasteiger partial charge on any atom is -0.402 e. The van der Waals surface area contributed by atoms with Gasteiger partial charge >= 0.3 is 0 Å². The van der Waals surface area contributed by atoms with Crippen molar-refractivity contribution in [1.82, 2.24) is 0 Å². The van der Waals surface area contributed by atoms with Crippen LogP contribution in [-0.4, -0.2) is 0 Å². The van der Waals surface area contributed by atoms with Crippen LogP contribution in [-0.2, 0) is 32.7 Å². The van der Waals surface area contributed by atoms with E-state index < -0.39 is 0 Å². The predicted octanol–water partition coefficient (Wildman–Crippen LogP) is 2.29. The fraction of sp³-hybridized carbons (Fsp3) is 0.273. The maximum atomic E-state index is 5.79. The third kappa shape index (κ3) is 4.59. The zero-order valence-corrected chi connectivity index (χ0v) is 10.5. The van der Waals surface area contributed by atoms with Gasteiger partial charge in [-0.1, -0.05) is 18.6 Å². The normalized spacial score (nSPS) is 16.0. The Labute approximate surface area is 105 Å². The van der Waals surface area contributed by atoms with Gasteiger partial charge in [-0.3, -0.25) is 0 Å². The van der Waals surface area contributed by atoms with Crippen LogP contribution < -0.4 is 5.73 Å². The first-order chi connectivity index (χ1) is 5.84. The molecule has 0 fully saturated rings. The topological polar surface area (TPSA) is 26.0 Å². The summed E-state index contributed by atoms with van der Waals surface area (Å²) in [4.78, 5) is 0. The summed E-state index contributed by atoms with van der Waals surface area (Å²) in [5.74, 6) is 0. The molecule has 0 unspecified atom stereocenters. The van der Waals surface area contributed by atoms with Crippen molar-refractivity contribution in [1.29, 1.82) is 0 Å². The zero-order valence-electron chi connectivity index (χ0n) is 7.66. The minimum atomic E-state index is 0. The molecule has 0 amide bonds. The van der Waals surface area contributed by atoms with E-state index >= 15 is 0 Å². The van der Waals surface area contributed by atoms with Crippen LogP contribution in [0.15, 0.2) is 35.6 Å². The Morgan fingerprint density at radius 3 is 3.00 bits per heavy atom. The third-order valence-electron chi connectivity index (χ3n) is 1.82. The van der Waals surface area contributed by atoms with Gasteiger partial charge in [0.15, 0.2) is 0 Å². The average Bonchev–Trinajstić information content (AvgIpc) is 2.09. The SMILES string of the molecule is [CH-]=CC=[C-]CC1=C(N)CCC=C1.[Y]. The van der Waals surface area contributed by atoms with Crippen LogP contribution in [0.1, 0.15) is 19.3 Å². The van der Waals surface area contributed by atoms with Gasteiger partial charge in [-0.15, -0.1) is 0 Å². The molecule has 2 N–H and O–H groups in total. The summed E-state index contributed by atoms with van der Waals surface area (Å²) in [6.07, 6.45) is 13.2. The summed E-state index contributed by atoms with van der Waals surface area (Å²) in [6, 6.07) is 0. The van der Waals surface area contributed by atoms with Crippen molar-refractivity contribution in [3.05, 3.63) is 48.2 Å². The van der Waals surface area contributed by atoms with Gasteiger partial charge in [0, 0.05) is 38.4 Å². The molecule has 0 bridgehead atoms. The fourth-order valence-electron chi connectivity index (χ4n) is 1.14. The van der Waals surface area contributed by atoms with Crippen molar-refractivity contribution >= 4 is 0 Å². The van der Waals surface area contributed by atoms with Crippen molar-refractivity contribution in [3.8, 4) is 0 Å². The van der Waals surface area contributed by atoms with Gasteiger partial charge in [-0.25, -0.2) is 0 Å². The molecule has 0 aromatic carbocycles. The van der Waals surface area contributed by atoms with E-state index in [1.165, 1.54) is 11.6 Å². The molecule has 0 aromatic heterocycles. The van der Waals surface area contributed by atoms with Gasteiger partial charge in [-0.05, 0) is 18.4 Å². The second-order valence-corrected chi connectivity index (χ2v) is 2.73. The average molecular weight is 248 g/mol. The Morgan fingerprint density at radius 1 is 1.62 bits per heavy atom. The van der Waals surface area contributed by atoms with E-state index in [1.54, 1.807) is 6.08 Å². The molecule has 1 rings (SSSR count). The van der Waals surface area contributed by atoms with Crippen molar-refractivity contribution in [2.75, 3.05) is 0 Å². The van der Waals surface area contributed by atoms with E-state index in [9.17, 15) is 0 Å². The van der Waals surface area contributed by atoms with Crippen molar-refractivity contribution < 1.29 is 32.7 Å². The van der Waals surface area contributed by atoms with E-state index in [2.05, 4.69) is 18.2 Å². The van der Waals surface area contributed by atoms with Crippen LogP contribution >= 0.6 is 0 Å². The predicted molar refractivity (Wildman–Crippen MR) is 50.9 cm³/mol. The van der Waals surface area contributed by atoms with E-state index in [0.29, 0.717) is 0 Å². The molecule has 0 aromatic rings. The van der Waals surface area contributed by atoms with Crippen LogP contribution in [0.2, 0.25) is 0 Å². The van der Waals surface area contributed by atoms with Gasteiger partial charge in [0.05, 0.1) is 0 Å². The van der Waals surface area contributed by atoms with Crippen molar-refractivity contribution in [2.45, 2.75) is 19.3 Å². The van der Waals surface area contributed by atoms with Gasteiger partial charge in [-0.2, -0.15) is 0 Å². The van der Waals surface area contributed by atoms with E-state index in [-0.39, 0.29) is 32.7 Å². The molecule has 2 heteroatoms. The molecule has 0 saturated carbocycles. The molecule has 67 valence electrons. The molecule has 1 aliphatic rings. The molecule has 1 radical (unpaired) electrons. The molecule has 1 aliphatic carbocycles. The van der Waals surface area contributed by atoms with Gasteiger partial charge in [0.25, 0.3) is 0 Å². The van der Waals surface area contributed by atoms with Gasteiger partial charge in [0.2, 0.25) is 0 Å². The first-order valence-electron chi connectivity index (χ1n) is 4.08. The zero-order chi connectivity index (χ0) is 8.81. The Balaban J connectivity index is 0.00000144. The smallest absolute Gasteiger partial charge is 0.0103 e. The Kier molecular flexibility index (Phi) is 7.21. The second kappa shape index (κ2) is 7.28. The molecule has 0 atom stereocenters. The summed E-state index contributed by atoms with van der Waals surface area (Å²) in [5, 5.41) is 0. The maximum Gasteiger partial charge on any atom is 0.0103 e. The third-order valence-corrected chi connectivity index (χ3v) is 1.82. The molecule has 0 heterocycles. The molecule has 0 aliphatic heterocycles. The molecule has 1 nitrogen and oxygen atoms in total. The first kappa shape index (κ1) is 12.9. The Hall–Kier alpha value is -0.136. The van der Waals surface area contributed by atoms with Gasteiger partial charge < -0.3 is 30.5 Å². The van der Waals surface area contributed by atoms with Crippen LogP contribution in [0.25, 0.3) is 0 Å². The minimum absolute atomic E-state index is 0. The summed E-state index contributed by atoms with van der Waals surface area (Å²) in [6.45, 7) is 5.17. The van der Waals surface area contributed by atoms with Crippen LogP contribution in [0.4, 0.5) is 0 Å². The van der Waals surface area contributed by atoms with E-state index in [0.717, 1.165) is 25.0 Å². The monoisotopic (exact) mass is 248 g/mol. The quantitative estimate of drug-likeness (QED) is 0.601. The fourth-order valence-corrected chi connectivity index (χ4v) is 1.14. The van der Waals surface area contributed by atoms with Gasteiger partial charge in [0.1, 0.15) is 0 Å². The van der Waals surface area contributed by atoms with E-state index in [4.69, 9.17) is 12.3 Å². The number of hydrogen-bond donors (Lipinski definition) is 1. The number of nitrogens with two attached hydrogens (primary N) is 1. The number of hydrogen-bond acceptors (Lipinski definition) is 1. The van der Waals surface area contributed by atoms with E-state index in [1.807, 2.05) is 0 Å².